The van der Waals surface area contributed by atoms with E-state index in [9.17, 15) is 13.2 Å². The molecule has 0 atom stereocenters. The molecule has 31 heavy (non-hydrogen) atoms. The standard InChI is InChI=1S/C21H22N4O4S2/c1-4-24(5-2)31(27,28)16-7-8-18-17(11-16)23-21(29-18)30-13-15-10-20(26)25-12-14(3)6-9-19(25)22-15/h6-12H,4-5,13H2,1-3H3. The Bertz CT molecular complexity index is 1420. The first-order chi connectivity index (χ1) is 14.8. The molecule has 3 heterocycles. The number of rotatable bonds is 7. The molecule has 0 fully saturated rings. The lowest BCUT2D eigenvalue weighted by molar-refractivity contribution is 0.445. The van der Waals surface area contributed by atoms with Crippen LogP contribution in [0.5, 0.6) is 0 Å². The minimum Gasteiger partial charge on any atom is -0.431 e. The van der Waals surface area contributed by atoms with Crippen LogP contribution in [0.25, 0.3) is 16.7 Å². The molecular formula is C21H22N4O4S2. The fourth-order valence-electron chi connectivity index (χ4n) is 3.29. The van der Waals surface area contributed by atoms with Crippen LogP contribution in [-0.4, -0.2) is 40.2 Å². The van der Waals surface area contributed by atoms with Crippen LogP contribution in [-0.2, 0) is 15.8 Å². The second-order valence-electron chi connectivity index (χ2n) is 7.01. The smallest absolute Gasteiger partial charge is 0.258 e. The summed E-state index contributed by atoms with van der Waals surface area (Å²) in [6.45, 7) is 6.32. The second kappa shape index (κ2) is 8.45. The van der Waals surface area contributed by atoms with Gasteiger partial charge >= 0.3 is 0 Å². The first-order valence-electron chi connectivity index (χ1n) is 9.84. The van der Waals surface area contributed by atoms with Crippen LogP contribution in [0.15, 0.2) is 61.9 Å². The van der Waals surface area contributed by atoms with E-state index in [1.807, 2.05) is 19.1 Å². The van der Waals surface area contributed by atoms with Crippen molar-refractivity contribution in [1.82, 2.24) is 18.7 Å². The zero-order valence-corrected chi connectivity index (χ0v) is 19.0. The molecule has 0 aliphatic heterocycles. The van der Waals surface area contributed by atoms with E-state index in [4.69, 9.17) is 4.42 Å². The van der Waals surface area contributed by atoms with E-state index in [-0.39, 0.29) is 10.5 Å². The highest BCUT2D eigenvalue weighted by Crippen LogP contribution is 2.28. The summed E-state index contributed by atoms with van der Waals surface area (Å²) in [5.41, 5.74) is 3.00. The van der Waals surface area contributed by atoms with Gasteiger partial charge in [-0.05, 0) is 36.8 Å². The van der Waals surface area contributed by atoms with Crippen molar-refractivity contribution in [3.05, 3.63) is 64.2 Å². The summed E-state index contributed by atoms with van der Waals surface area (Å²) in [7, 11) is -3.57. The monoisotopic (exact) mass is 458 g/mol. The van der Waals surface area contributed by atoms with Crippen molar-refractivity contribution in [2.45, 2.75) is 36.6 Å². The summed E-state index contributed by atoms with van der Waals surface area (Å²) in [5, 5.41) is 0.387. The largest absolute Gasteiger partial charge is 0.431 e. The van der Waals surface area contributed by atoms with Crippen LogP contribution in [0.2, 0.25) is 0 Å². The molecule has 0 saturated carbocycles. The number of benzene rings is 1. The van der Waals surface area contributed by atoms with Gasteiger partial charge in [0, 0.05) is 31.1 Å². The molecule has 0 N–H and O–H groups in total. The van der Waals surface area contributed by atoms with Crippen molar-refractivity contribution < 1.29 is 12.8 Å². The number of hydrogen-bond donors (Lipinski definition) is 0. The van der Waals surface area contributed by atoms with Gasteiger partial charge in [-0.2, -0.15) is 4.31 Å². The molecule has 4 rings (SSSR count). The molecule has 0 amide bonds. The molecule has 0 saturated heterocycles. The summed E-state index contributed by atoms with van der Waals surface area (Å²) in [5.74, 6) is 0.400. The zero-order valence-electron chi connectivity index (χ0n) is 17.4. The summed E-state index contributed by atoms with van der Waals surface area (Å²) >= 11 is 1.30. The molecule has 8 nitrogen and oxygen atoms in total. The number of fused-ring (bicyclic) bond motifs is 2. The third-order valence-corrected chi connectivity index (χ3v) is 7.79. The highest BCUT2D eigenvalue weighted by atomic mass is 32.2. The van der Waals surface area contributed by atoms with Gasteiger partial charge in [0.05, 0.1) is 10.6 Å². The zero-order chi connectivity index (χ0) is 22.2. The Morgan fingerprint density at radius 3 is 2.61 bits per heavy atom. The van der Waals surface area contributed by atoms with Crippen LogP contribution in [0.1, 0.15) is 25.1 Å². The molecule has 0 spiro atoms. The lowest BCUT2D eigenvalue weighted by Crippen LogP contribution is -2.30. The molecule has 1 aromatic carbocycles. The van der Waals surface area contributed by atoms with E-state index in [1.165, 1.54) is 38.7 Å². The second-order valence-corrected chi connectivity index (χ2v) is 9.87. The van der Waals surface area contributed by atoms with Gasteiger partial charge < -0.3 is 4.42 Å². The molecule has 10 heteroatoms. The van der Waals surface area contributed by atoms with E-state index >= 15 is 0 Å². The summed E-state index contributed by atoms with van der Waals surface area (Å²) in [6.07, 6.45) is 1.76. The van der Waals surface area contributed by atoms with Crippen molar-refractivity contribution in [2.24, 2.45) is 0 Å². The normalized spacial score (nSPS) is 12.3. The predicted octanol–water partition coefficient (Wildman–Crippen LogP) is 3.47. The number of pyridine rings is 1. The minimum atomic E-state index is -3.57. The first-order valence-corrected chi connectivity index (χ1v) is 12.3. The maximum atomic E-state index is 12.7. The van der Waals surface area contributed by atoms with Crippen molar-refractivity contribution in [3.63, 3.8) is 0 Å². The molecule has 3 aromatic heterocycles. The first kappa shape index (κ1) is 21.5. The van der Waals surface area contributed by atoms with Crippen molar-refractivity contribution >= 4 is 38.5 Å². The Kier molecular flexibility index (Phi) is 5.87. The number of oxazole rings is 1. The van der Waals surface area contributed by atoms with E-state index in [2.05, 4.69) is 9.97 Å². The molecule has 0 radical (unpaired) electrons. The number of nitrogens with zero attached hydrogens (tertiary/aromatic N) is 4. The van der Waals surface area contributed by atoms with Gasteiger partial charge in [-0.15, -0.1) is 0 Å². The molecule has 0 unspecified atom stereocenters. The van der Waals surface area contributed by atoms with Crippen LogP contribution in [0.3, 0.4) is 0 Å². The topological polar surface area (TPSA) is 97.8 Å². The van der Waals surface area contributed by atoms with Crippen LogP contribution in [0, 0.1) is 6.92 Å². The SMILES string of the molecule is CCN(CC)S(=O)(=O)c1ccc2oc(SCc3cc(=O)n4cc(C)ccc4n3)nc2c1. The molecule has 0 aliphatic rings. The van der Waals surface area contributed by atoms with Crippen LogP contribution in [0.4, 0.5) is 0 Å². The maximum absolute atomic E-state index is 12.7. The summed E-state index contributed by atoms with van der Waals surface area (Å²) in [6, 6.07) is 9.89. The number of sulfonamides is 1. The number of thioether (sulfide) groups is 1. The number of hydrogen-bond acceptors (Lipinski definition) is 7. The van der Waals surface area contributed by atoms with Crippen LogP contribution < -0.4 is 5.56 Å². The van der Waals surface area contributed by atoms with E-state index < -0.39 is 10.0 Å². The molecule has 162 valence electrons. The van der Waals surface area contributed by atoms with E-state index in [0.717, 1.165) is 5.56 Å². The Morgan fingerprint density at radius 2 is 1.87 bits per heavy atom. The predicted molar refractivity (Wildman–Crippen MR) is 120 cm³/mol. The van der Waals surface area contributed by atoms with Gasteiger partial charge in [0.15, 0.2) is 5.58 Å². The van der Waals surface area contributed by atoms with Gasteiger partial charge in [0.2, 0.25) is 10.0 Å². The highest BCUT2D eigenvalue weighted by Gasteiger charge is 2.22. The Balaban J connectivity index is 1.58. The van der Waals surface area contributed by atoms with Gasteiger partial charge in [0.25, 0.3) is 10.8 Å². The summed E-state index contributed by atoms with van der Waals surface area (Å²) < 4.78 is 34.1. The van der Waals surface area contributed by atoms with Crippen molar-refractivity contribution in [2.75, 3.05) is 13.1 Å². The van der Waals surface area contributed by atoms with Gasteiger partial charge in [-0.1, -0.05) is 31.7 Å². The Morgan fingerprint density at radius 1 is 1.10 bits per heavy atom. The fraction of sp³-hybridized carbons (Fsp3) is 0.286. The van der Waals surface area contributed by atoms with Gasteiger partial charge in [-0.3, -0.25) is 9.20 Å². The number of aromatic nitrogens is 3. The Labute approximate surface area is 184 Å². The lowest BCUT2D eigenvalue weighted by atomic mass is 10.3. The number of aryl methyl sites for hydroxylation is 1. The van der Waals surface area contributed by atoms with Gasteiger partial charge in [-0.25, -0.2) is 18.4 Å². The van der Waals surface area contributed by atoms with Crippen molar-refractivity contribution in [3.8, 4) is 0 Å². The summed E-state index contributed by atoms with van der Waals surface area (Å²) in [4.78, 5) is 21.5. The van der Waals surface area contributed by atoms with Crippen molar-refractivity contribution in [1.29, 1.82) is 0 Å². The fourth-order valence-corrected chi connectivity index (χ4v) is 5.50. The molecule has 0 aliphatic carbocycles. The van der Waals surface area contributed by atoms with E-state index in [0.29, 0.717) is 46.5 Å². The third-order valence-electron chi connectivity index (χ3n) is 4.89. The molecule has 4 aromatic rings. The van der Waals surface area contributed by atoms with Gasteiger partial charge in [0.1, 0.15) is 11.2 Å². The third kappa shape index (κ3) is 4.23. The average Bonchev–Trinajstić information content (AvgIpc) is 3.16. The average molecular weight is 459 g/mol. The lowest BCUT2D eigenvalue weighted by Gasteiger charge is -2.18. The maximum Gasteiger partial charge on any atom is 0.258 e. The van der Waals surface area contributed by atoms with E-state index in [1.54, 1.807) is 26.1 Å². The highest BCUT2D eigenvalue weighted by molar-refractivity contribution is 7.98. The van der Waals surface area contributed by atoms with Crippen LogP contribution >= 0.6 is 11.8 Å². The Hall–Kier alpha value is -2.69. The quantitative estimate of drug-likeness (QED) is 0.391. The molecular weight excluding hydrogens is 436 g/mol. The molecule has 0 bridgehead atoms. The minimum absolute atomic E-state index is 0.145.